The molecule has 4 heteroatoms. The zero-order valence-electron chi connectivity index (χ0n) is 5.50. The smallest absolute Gasteiger partial charge is 0.313 e. The van der Waals surface area contributed by atoms with Crippen molar-refractivity contribution < 1.29 is 9.90 Å². The Balaban J connectivity index is 2.89. The third-order valence-corrected chi connectivity index (χ3v) is 2.53. The highest BCUT2D eigenvalue weighted by Crippen LogP contribution is 2.37. The van der Waals surface area contributed by atoms with Crippen molar-refractivity contribution in [3.05, 3.63) is 24.3 Å². The third kappa shape index (κ3) is 1.84. The summed E-state index contributed by atoms with van der Waals surface area (Å²) in [5.41, 5.74) is 0. The molecule has 0 aromatic heterocycles. The third-order valence-electron chi connectivity index (χ3n) is 1.41. The van der Waals surface area contributed by atoms with E-state index >= 15 is 0 Å². The van der Waals surface area contributed by atoms with E-state index in [2.05, 4.69) is 15.9 Å². The first-order chi connectivity index (χ1) is 5.04. The molecule has 0 fully saturated rings. The molecule has 0 unspecified atom stereocenters. The van der Waals surface area contributed by atoms with Gasteiger partial charge in [0.25, 0.3) is 0 Å². The van der Waals surface area contributed by atoms with Gasteiger partial charge in [-0.1, -0.05) is 40.2 Å². The zero-order valence-corrected chi connectivity index (χ0v) is 7.84. The van der Waals surface area contributed by atoms with Crippen molar-refractivity contribution in [3.8, 4) is 0 Å². The summed E-state index contributed by atoms with van der Waals surface area (Å²) in [6, 6.07) is 0. The second-order valence-corrected chi connectivity index (χ2v) is 4.63. The summed E-state index contributed by atoms with van der Waals surface area (Å²) >= 11 is 8.94. The van der Waals surface area contributed by atoms with Crippen molar-refractivity contribution in [1.82, 2.24) is 0 Å². The van der Waals surface area contributed by atoms with Crippen molar-refractivity contribution in [2.75, 3.05) is 0 Å². The molecule has 0 saturated carbocycles. The van der Waals surface area contributed by atoms with Crippen molar-refractivity contribution in [2.45, 2.75) is 3.78 Å². The van der Waals surface area contributed by atoms with Crippen molar-refractivity contribution in [2.24, 2.45) is 5.92 Å². The van der Waals surface area contributed by atoms with Crippen LogP contribution in [0.4, 0.5) is 0 Å². The van der Waals surface area contributed by atoms with Gasteiger partial charge in [0, 0.05) is 0 Å². The molecule has 2 atom stereocenters. The van der Waals surface area contributed by atoms with E-state index in [-0.39, 0.29) is 0 Å². The predicted molar refractivity (Wildman–Crippen MR) is 46.9 cm³/mol. The van der Waals surface area contributed by atoms with Crippen LogP contribution in [0.1, 0.15) is 0 Å². The van der Waals surface area contributed by atoms with Gasteiger partial charge in [-0.25, -0.2) is 0 Å². The summed E-state index contributed by atoms with van der Waals surface area (Å²) in [5.74, 6) is -1.63. The number of carbonyl (C=O) groups is 1. The minimum Gasteiger partial charge on any atom is -0.481 e. The van der Waals surface area contributed by atoms with Gasteiger partial charge in [-0.05, 0) is 0 Å². The van der Waals surface area contributed by atoms with Crippen LogP contribution in [0.25, 0.3) is 0 Å². The van der Waals surface area contributed by atoms with Gasteiger partial charge >= 0.3 is 5.97 Å². The van der Waals surface area contributed by atoms with E-state index in [4.69, 9.17) is 16.7 Å². The number of hydrogen-bond donors (Lipinski definition) is 1. The van der Waals surface area contributed by atoms with E-state index < -0.39 is 15.7 Å². The molecule has 11 heavy (non-hydrogen) atoms. The van der Waals surface area contributed by atoms with Crippen LogP contribution >= 0.6 is 27.5 Å². The number of allylic oxidation sites excluding steroid dienone is 3. The Morgan fingerprint density at radius 2 is 2.27 bits per heavy atom. The zero-order chi connectivity index (χ0) is 8.48. The highest BCUT2D eigenvalue weighted by molar-refractivity contribution is 9.10. The summed E-state index contributed by atoms with van der Waals surface area (Å²) in [6.07, 6.45) is 6.53. The van der Waals surface area contributed by atoms with E-state index in [1.165, 1.54) is 0 Å². The molecule has 1 rings (SSSR count). The van der Waals surface area contributed by atoms with Gasteiger partial charge < -0.3 is 5.11 Å². The lowest BCUT2D eigenvalue weighted by atomic mass is 10.0. The van der Waals surface area contributed by atoms with Crippen LogP contribution in [0, 0.1) is 5.92 Å². The summed E-state index contributed by atoms with van der Waals surface area (Å²) < 4.78 is -0.965. The Bertz CT molecular complexity index is 233. The van der Waals surface area contributed by atoms with E-state index in [0.717, 1.165) is 0 Å². The molecule has 1 N–H and O–H groups in total. The van der Waals surface area contributed by atoms with E-state index in [9.17, 15) is 4.79 Å². The molecule has 0 bridgehead atoms. The normalized spacial score (nSPS) is 35.6. The molecule has 1 aliphatic carbocycles. The van der Waals surface area contributed by atoms with Gasteiger partial charge in [0.15, 0.2) is 0 Å². The molecule has 0 saturated heterocycles. The highest BCUT2D eigenvalue weighted by Gasteiger charge is 2.36. The van der Waals surface area contributed by atoms with Crippen LogP contribution in [0.2, 0.25) is 0 Å². The minimum atomic E-state index is -0.965. The first kappa shape index (κ1) is 8.81. The maximum atomic E-state index is 10.6. The molecule has 0 heterocycles. The number of carboxylic acid groups (broad SMARTS) is 1. The topological polar surface area (TPSA) is 37.3 Å². The maximum absolute atomic E-state index is 10.6. The standard InChI is InChI=1S/C7H6BrClO2/c8-7(9)4-2-1-3-5(7)6(10)11/h1-5H,(H,10,11)/t5-,7-/m0/s1. The molecule has 60 valence electrons. The minimum absolute atomic E-state index is 0.700. The first-order valence-corrected chi connectivity index (χ1v) is 4.18. The number of carboxylic acids is 1. The Kier molecular flexibility index (Phi) is 2.40. The Morgan fingerprint density at radius 3 is 2.64 bits per heavy atom. The largest absolute Gasteiger partial charge is 0.481 e. The monoisotopic (exact) mass is 236 g/mol. The van der Waals surface area contributed by atoms with E-state index in [0.29, 0.717) is 0 Å². The lowest BCUT2D eigenvalue weighted by Gasteiger charge is -2.22. The van der Waals surface area contributed by atoms with Crippen LogP contribution in [0.5, 0.6) is 0 Å². The summed E-state index contributed by atoms with van der Waals surface area (Å²) in [5, 5.41) is 8.67. The van der Waals surface area contributed by atoms with Gasteiger partial charge in [-0.15, -0.1) is 11.6 Å². The van der Waals surface area contributed by atoms with Crippen LogP contribution in [-0.2, 0) is 4.79 Å². The van der Waals surface area contributed by atoms with Crippen molar-refractivity contribution in [3.63, 3.8) is 0 Å². The van der Waals surface area contributed by atoms with E-state index in [1.807, 2.05) is 0 Å². The Labute approximate surface area is 77.7 Å². The second-order valence-electron chi connectivity index (χ2n) is 2.23. The van der Waals surface area contributed by atoms with E-state index in [1.54, 1.807) is 24.3 Å². The lowest BCUT2D eigenvalue weighted by molar-refractivity contribution is -0.140. The fourth-order valence-corrected chi connectivity index (χ4v) is 1.58. The second kappa shape index (κ2) is 2.99. The van der Waals surface area contributed by atoms with Crippen molar-refractivity contribution in [1.29, 1.82) is 0 Å². The highest BCUT2D eigenvalue weighted by atomic mass is 79.9. The van der Waals surface area contributed by atoms with Gasteiger partial charge in [0.1, 0.15) is 9.70 Å². The van der Waals surface area contributed by atoms with Crippen molar-refractivity contribution >= 4 is 33.5 Å². The maximum Gasteiger partial charge on any atom is 0.313 e. The van der Waals surface area contributed by atoms with Gasteiger partial charge in [0.2, 0.25) is 0 Å². The van der Waals surface area contributed by atoms with Crippen LogP contribution < -0.4 is 0 Å². The molecule has 0 radical (unpaired) electrons. The fraction of sp³-hybridized carbons (Fsp3) is 0.286. The van der Waals surface area contributed by atoms with Crippen LogP contribution in [0.15, 0.2) is 24.3 Å². The molecule has 0 aromatic rings. The van der Waals surface area contributed by atoms with Gasteiger partial charge in [0.05, 0.1) is 0 Å². The summed E-state index contributed by atoms with van der Waals surface area (Å²) in [6.45, 7) is 0. The molecule has 2 nitrogen and oxygen atoms in total. The van der Waals surface area contributed by atoms with Gasteiger partial charge in [-0.2, -0.15) is 0 Å². The average molecular weight is 237 g/mol. The lowest BCUT2D eigenvalue weighted by Crippen LogP contribution is -2.29. The average Bonchev–Trinajstić information content (AvgIpc) is 1.85. The number of hydrogen-bond acceptors (Lipinski definition) is 1. The molecular formula is C7H6BrClO2. The number of aliphatic carboxylic acids is 1. The molecular weight excluding hydrogens is 231 g/mol. The number of rotatable bonds is 1. The van der Waals surface area contributed by atoms with Crippen LogP contribution in [0.3, 0.4) is 0 Å². The van der Waals surface area contributed by atoms with Crippen LogP contribution in [-0.4, -0.2) is 14.9 Å². The Hall–Kier alpha value is -0.280. The number of alkyl halides is 2. The Morgan fingerprint density at radius 1 is 1.64 bits per heavy atom. The summed E-state index contributed by atoms with van der Waals surface area (Å²) in [4.78, 5) is 10.6. The summed E-state index contributed by atoms with van der Waals surface area (Å²) in [7, 11) is 0. The quantitative estimate of drug-likeness (QED) is 0.710. The fourth-order valence-electron chi connectivity index (χ4n) is 0.838. The SMILES string of the molecule is O=C(O)[C@@H]1C=CC=C[C@@]1(Cl)Br. The molecule has 0 amide bonds. The predicted octanol–water partition coefficient (Wildman–Crippen LogP) is 2.14. The first-order valence-electron chi connectivity index (χ1n) is 3.01. The molecule has 0 aromatic carbocycles. The molecule has 1 aliphatic rings. The molecule has 0 spiro atoms. The number of halogens is 2. The van der Waals surface area contributed by atoms with Gasteiger partial charge in [-0.3, -0.25) is 4.79 Å². The molecule has 0 aliphatic heterocycles.